The highest BCUT2D eigenvalue weighted by Gasteiger charge is 2.36. The summed E-state index contributed by atoms with van der Waals surface area (Å²) in [5.41, 5.74) is 2.42. The Bertz CT molecular complexity index is 1180. The zero-order valence-corrected chi connectivity index (χ0v) is 23.7. The lowest BCUT2D eigenvalue weighted by Crippen LogP contribution is -2.49. The van der Waals surface area contributed by atoms with E-state index in [-0.39, 0.29) is 18.5 Å². The summed E-state index contributed by atoms with van der Waals surface area (Å²) in [5, 5.41) is 9.11. The molecular weight excluding hydrogens is 514 g/mol. The second-order valence-electron chi connectivity index (χ2n) is 9.55. The van der Waals surface area contributed by atoms with E-state index in [4.69, 9.17) is 24.0 Å². The Morgan fingerprint density at radius 2 is 1.73 bits per heavy atom. The molecule has 1 unspecified atom stereocenters. The maximum absolute atomic E-state index is 13.9. The number of nitrogens with zero attached hydrogens (tertiary/aromatic N) is 4. The lowest BCUT2D eigenvalue weighted by atomic mass is 9.97. The lowest BCUT2D eigenvalue weighted by Gasteiger charge is -2.31. The van der Waals surface area contributed by atoms with E-state index in [0.717, 1.165) is 35.7 Å². The summed E-state index contributed by atoms with van der Waals surface area (Å²) in [6.07, 6.45) is 0.469. The number of hydrogen-bond donors (Lipinski definition) is 1. The van der Waals surface area contributed by atoms with Gasteiger partial charge in [0.15, 0.2) is 0 Å². The number of morpholine rings is 1. The Hall–Kier alpha value is -3.83. The summed E-state index contributed by atoms with van der Waals surface area (Å²) < 4.78 is 21.9. The highest BCUT2D eigenvalue weighted by molar-refractivity contribution is 6.03. The molecule has 1 atom stereocenters. The number of ether oxygens (including phenoxy) is 4. The van der Waals surface area contributed by atoms with Crippen LogP contribution in [0, 0.1) is 0 Å². The molecule has 0 bridgehead atoms. The zero-order chi connectivity index (χ0) is 28.5. The molecule has 2 aliphatic heterocycles. The Morgan fingerprint density at radius 1 is 1.02 bits per heavy atom. The van der Waals surface area contributed by atoms with Gasteiger partial charge in [-0.25, -0.2) is 9.80 Å². The van der Waals surface area contributed by atoms with Crippen molar-refractivity contribution in [2.45, 2.75) is 19.4 Å². The minimum Gasteiger partial charge on any atom is -0.497 e. The molecule has 40 heavy (non-hydrogen) atoms. The highest BCUT2D eigenvalue weighted by Crippen LogP contribution is 2.39. The van der Waals surface area contributed by atoms with Gasteiger partial charge in [-0.1, -0.05) is 0 Å². The van der Waals surface area contributed by atoms with Crippen LogP contribution in [0.5, 0.6) is 17.2 Å². The van der Waals surface area contributed by atoms with Crippen molar-refractivity contribution in [2.75, 3.05) is 73.8 Å². The van der Waals surface area contributed by atoms with E-state index in [0.29, 0.717) is 50.8 Å². The van der Waals surface area contributed by atoms with Crippen molar-refractivity contribution in [3.63, 3.8) is 0 Å². The Kier molecular flexibility index (Phi) is 10.2. The average molecular weight is 554 g/mol. The van der Waals surface area contributed by atoms with Crippen molar-refractivity contribution < 1.29 is 28.5 Å². The summed E-state index contributed by atoms with van der Waals surface area (Å²) in [6, 6.07) is 12.4. The fourth-order valence-electron chi connectivity index (χ4n) is 4.88. The van der Waals surface area contributed by atoms with E-state index < -0.39 is 6.04 Å². The van der Waals surface area contributed by atoms with Crippen LogP contribution in [-0.2, 0) is 9.53 Å². The van der Waals surface area contributed by atoms with Gasteiger partial charge in [0.05, 0.1) is 46.3 Å². The predicted molar refractivity (Wildman–Crippen MR) is 151 cm³/mol. The number of urea groups is 1. The molecule has 4 rings (SSSR count). The standard InChI is InChI=1S/C29H39N5O6/c1-5-30-29(36)33(13-12-32-14-16-40-17-15-32)20-28(35)34-26(24-18-23(38-3)10-11-27(24)39-4)19-25(31-34)21-6-8-22(37-2)9-7-21/h6-11,18,26H,5,12-17,19-20H2,1-4H3,(H,30,36). The van der Waals surface area contributed by atoms with Gasteiger partial charge in [0.1, 0.15) is 23.8 Å². The normalized spacial score (nSPS) is 17.2. The maximum Gasteiger partial charge on any atom is 0.317 e. The largest absolute Gasteiger partial charge is 0.497 e. The molecule has 3 amide bonds. The molecule has 2 aliphatic rings. The number of carbonyl (C=O) groups excluding carboxylic acids is 2. The van der Waals surface area contributed by atoms with E-state index in [9.17, 15) is 9.59 Å². The van der Waals surface area contributed by atoms with E-state index in [2.05, 4.69) is 10.2 Å². The van der Waals surface area contributed by atoms with Gasteiger partial charge in [0.25, 0.3) is 5.91 Å². The first kappa shape index (κ1) is 29.2. The monoisotopic (exact) mass is 553 g/mol. The van der Waals surface area contributed by atoms with Crippen molar-refractivity contribution in [2.24, 2.45) is 5.10 Å². The second kappa shape index (κ2) is 14.0. The Morgan fingerprint density at radius 3 is 2.38 bits per heavy atom. The summed E-state index contributed by atoms with van der Waals surface area (Å²) in [6.45, 7) is 6.22. The van der Waals surface area contributed by atoms with Crippen molar-refractivity contribution >= 4 is 17.6 Å². The topological polar surface area (TPSA) is 105 Å². The zero-order valence-electron chi connectivity index (χ0n) is 23.7. The fraction of sp³-hybridized carbons (Fsp3) is 0.483. The molecular formula is C29H39N5O6. The number of nitrogens with one attached hydrogen (secondary N) is 1. The summed E-state index contributed by atoms with van der Waals surface area (Å²) in [4.78, 5) is 30.7. The van der Waals surface area contributed by atoms with E-state index in [1.807, 2.05) is 49.4 Å². The number of hydrazone groups is 1. The Balaban J connectivity index is 1.62. The molecule has 2 aromatic carbocycles. The van der Waals surface area contributed by atoms with Crippen molar-refractivity contribution in [3.05, 3.63) is 53.6 Å². The summed E-state index contributed by atoms with van der Waals surface area (Å²) in [7, 11) is 4.81. The second-order valence-corrected chi connectivity index (χ2v) is 9.55. The van der Waals surface area contributed by atoms with E-state index in [1.165, 1.54) is 5.01 Å². The van der Waals surface area contributed by atoms with Gasteiger partial charge in [0.2, 0.25) is 0 Å². The van der Waals surface area contributed by atoms with Crippen molar-refractivity contribution in [1.29, 1.82) is 0 Å². The highest BCUT2D eigenvalue weighted by atomic mass is 16.5. The molecule has 0 aromatic heterocycles. The van der Waals surface area contributed by atoms with Gasteiger partial charge in [-0.2, -0.15) is 5.10 Å². The van der Waals surface area contributed by atoms with Crippen LogP contribution in [0.25, 0.3) is 0 Å². The quantitative estimate of drug-likeness (QED) is 0.456. The predicted octanol–water partition coefficient (Wildman–Crippen LogP) is 2.75. The first-order chi connectivity index (χ1) is 19.5. The minimum atomic E-state index is -0.440. The first-order valence-electron chi connectivity index (χ1n) is 13.6. The first-order valence-corrected chi connectivity index (χ1v) is 13.6. The SMILES string of the molecule is CCNC(=O)N(CCN1CCOCC1)CC(=O)N1N=C(c2ccc(OC)cc2)CC1c1cc(OC)ccc1OC. The Labute approximate surface area is 235 Å². The molecule has 0 saturated carbocycles. The third-order valence-corrected chi connectivity index (χ3v) is 7.12. The van der Waals surface area contributed by atoms with Crippen LogP contribution in [0.2, 0.25) is 0 Å². The molecule has 1 N–H and O–H groups in total. The molecule has 11 heteroatoms. The summed E-state index contributed by atoms with van der Waals surface area (Å²) >= 11 is 0. The van der Waals surface area contributed by atoms with Gasteiger partial charge in [-0.05, 0) is 55.0 Å². The van der Waals surface area contributed by atoms with Crippen LogP contribution >= 0.6 is 0 Å². The molecule has 11 nitrogen and oxygen atoms in total. The van der Waals surface area contributed by atoms with Crippen LogP contribution in [-0.4, -0.2) is 106 Å². The van der Waals surface area contributed by atoms with Gasteiger partial charge < -0.3 is 29.2 Å². The number of rotatable bonds is 11. The summed E-state index contributed by atoms with van der Waals surface area (Å²) in [5.74, 6) is 1.73. The minimum absolute atomic E-state index is 0.113. The van der Waals surface area contributed by atoms with E-state index in [1.54, 1.807) is 26.2 Å². The van der Waals surface area contributed by atoms with Crippen LogP contribution in [0.15, 0.2) is 47.6 Å². The third-order valence-electron chi connectivity index (χ3n) is 7.12. The number of amides is 3. The molecule has 0 spiro atoms. The van der Waals surface area contributed by atoms with Gasteiger partial charge >= 0.3 is 6.03 Å². The molecule has 1 fully saturated rings. The lowest BCUT2D eigenvalue weighted by molar-refractivity contribution is -0.133. The molecule has 1 saturated heterocycles. The third kappa shape index (κ3) is 7.02. The number of carbonyl (C=O) groups is 2. The molecule has 2 heterocycles. The van der Waals surface area contributed by atoms with Crippen LogP contribution in [0.4, 0.5) is 4.79 Å². The number of hydrogen-bond acceptors (Lipinski definition) is 8. The number of benzene rings is 2. The van der Waals surface area contributed by atoms with Crippen LogP contribution in [0.3, 0.4) is 0 Å². The molecule has 2 aromatic rings. The van der Waals surface area contributed by atoms with Gasteiger partial charge in [0, 0.05) is 44.7 Å². The average Bonchev–Trinajstić information content (AvgIpc) is 3.45. The fourth-order valence-corrected chi connectivity index (χ4v) is 4.88. The van der Waals surface area contributed by atoms with E-state index >= 15 is 0 Å². The van der Waals surface area contributed by atoms with Crippen molar-refractivity contribution in [1.82, 2.24) is 20.1 Å². The smallest absolute Gasteiger partial charge is 0.317 e. The van der Waals surface area contributed by atoms with Crippen LogP contribution < -0.4 is 19.5 Å². The van der Waals surface area contributed by atoms with Crippen LogP contribution in [0.1, 0.15) is 30.5 Å². The van der Waals surface area contributed by atoms with Crippen molar-refractivity contribution in [3.8, 4) is 17.2 Å². The van der Waals surface area contributed by atoms with Gasteiger partial charge in [-0.3, -0.25) is 9.69 Å². The van der Waals surface area contributed by atoms with Gasteiger partial charge in [-0.15, -0.1) is 0 Å². The number of methoxy groups -OCH3 is 3. The molecule has 216 valence electrons. The molecule has 0 radical (unpaired) electrons. The maximum atomic E-state index is 13.9. The molecule has 0 aliphatic carbocycles.